The Morgan fingerprint density at radius 1 is 1.52 bits per heavy atom. The molecule has 0 aliphatic carbocycles. The van der Waals surface area contributed by atoms with Crippen molar-refractivity contribution in [3.05, 3.63) is 34.9 Å². The van der Waals surface area contributed by atoms with Crippen molar-refractivity contribution in [2.45, 2.75) is 18.6 Å². The number of methoxy groups -OCH3 is 1. The van der Waals surface area contributed by atoms with Crippen molar-refractivity contribution in [1.29, 1.82) is 0 Å². The van der Waals surface area contributed by atoms with Gasteiger partial charge in [0.25, 0.3) is 0 Å². The van der Waals surface area contributed by atoms with Crippen LogP contribution in [0.2, 0.25) is 5.02 Å². The van der Waals surface area contributed by atoms with Crippen LogP contribution >= 0.6 is 23.4 Å². The van der Waals surface area contributed by atoms with Gasteiger partial charge in [-0.25, -0.2) is 0 Å². The van der Waals surface area contributed by atoms with Crippen LogP contribution in [0.15, 0.2) is 24.3 Å². The molecule has 0 saturated carbocycles. The molecule has 0 bridgehead atoms. The smallest absolute Gasteiger partial charge is 0.221 e. The van der Waals surface area contributed by atoms with Crippen molar-refractivity contribution in [3.63, 3.8) is 0 Å². The van der Waals surface area contributed by atoms with E-state index in [1.165, 1.54) is 0 Å². The fourth-order valence-electron chi connectivity index (χ4n) is 2.27. The number of thioether (sulfide) groups is 1. The Morgan fingerprint density at radius 2 is 2.29 bits per heavy atom. The van der Waals surface area contributed by atoms with E-state index < -0.39 is 0 Å². The summed E-state index contributed by atoms with van der Waals surface area (Å²) in [6, 6.07) is 7.77. The highest BCUT2D eigenvalue weighted by Crippen LogP contribution is 2.18. The molecule has 1 saturated heterocycles. The lowest BCUT2D eigenvalue weighted by Gasteiger charge is -2.23. The van der Waals surface area contributed by atoms with Crippen LogP contribution in [0.3, 0.4) is 0 Å². The molecule has 1 amide bonds. The number of amides is 1. The van der Waals surface area contributed by atoms with Gasteiger partial charge in [0, 0.05) is 49.2 Å². The highest BCUT2D eigenvalue weighted by atomic mass is 35.5. The summed E-state index contributed by atoms with van der Waals surface area (Å²) in [6.07, 6.45) is 0.365. The lowest BCUT2D eigenvalue weighted by Crippen LogP contribution is -2.42. The van der Waals surface area contributed by atoms with Crippen LogP contribution in [0.4, 0.5) is 0 Å². The van der Waals surface area contributed by atoms with Crippen molar-refractivity contribution in [2.24, 2.45) is 0 Å². The standard InChI is InChI=1S/C15H21ClN2O2S/c1-20-14(11-2-4-12(16)5-3-11)9-18-15(19)8-13-10-21-7-6-17-13/h2-5,13-14,17H,6-10H2,1H3,(H,18,19). The van der Waals surface area contributed by atoms with Gasteiger partial charge in [-0.1, -0.05) is 23.7 Å². The molecule has 2 N–H and O–H groups in total. The van der Waals surface area contributed by atoms with E-state index in [9.17, 15) is 4.79 Å². The van der Waals surface area contributed by atoms with E-state index in [4.69, 9.17) is 16.3 Å². The first-order chi connectivity index (χ1) is 10.2. The molecule has 0 spiro atoms. The average molecular weight is 329 g/mol. The molecule has 2 atom stereocenters. The zero-order valence-electron chi connectivity index (χ0n) is 12.1. The molecule has 2 unspecified atom stereocenters. The normalized spacial score (nSPS) is 20.0. The Morgan fingerprint density at radius 3 is 2.90 bits per heavy atom. The summed E-state index contributed by atoms with van der Waals surface area (Å²) in [5, 5.41) is 7.00. The molecule has 2 rings (SSSR count). The first-order valence-electron chi connectivity index (χ1n) is 7.05. The molecule has 21 heavy (non-hydrogen) atoms. The Labute approximate surface area is 135 Å². The van der Waals surface area contributed by atoms with E-state index in [2.05, 4.69) is 10.6 Å². The van der Waals surface area contributed by atoms with Crippen molar-refractivity contribution in [3.8, 4) is 0 Å². The van der Waals surface area contributed by atoms with Gasteiger partial charge in [-0.3, -0.25) is 4.79 Å². The summed E-state index contributed by atoms with van der Waals surface area (Å²) in [5.41, 5.74) is 1.01. The van der Waals surface area contributed by atoms with Crippen molar-refractivity contribution < 1.29 is 9.53 Å². The van der Waals surface area contributed by atoms with Gasteiger partial charge in [-0.15, -0.1) is 0 Å². The predicted octanol–water partition coefficient (Wildman–Crippen LogP) is 2.24. The van der Waals surface area contributed by atoms with Crippen LogP contribution in [-0.2, 0) is 9.53 Å². The van der Waals surface area contributed by atoms with E-state index in [0.717, 1.165) is 23.6 Å². The lowest BCUT2D eigenvalue weighted by atomic mass is 10.1. The second-order valence-corrected chi connectivity index (χ2v) is 6.60. The monoisotopic (exact) mass is 328 g/mol. The van der Waals surface area contributed by atoms with Gasteiger partial charge in [0.2, 0.25) is 5.91 Å². The second-order valence-electron chi connectivity index (χ2n) is 5.01. The number of benzene rings is 1. The van der Waals surface area contributed by atoms with Gasteiger partial charge in [-0.2, -0.15) is 11.8 Å². The zero-order valence-corrected chi connectivity index (χ0v) is 13.7. The number of nitrogens with one attached hydrogen (secondary N) is 2. The first kappa shape index (κ1) is 16.6. The molecule has 0 aromatic heterocycles. The van der Waals surface area contributed by atoms with Crippen LogP contribution in [0.25, 0.3) is 0 Å². The number of hydrogen-bond donors (Lipinski definition) is 2. The molecular formula is C15H21ClN2O2S. The van der Waals surface area contributed by atoms with Crippen LogP contribution < -0.4 is 10.6 Å². The van der Waals surface area contributed by atoms with Crippen LogP contribution in [-0.4, -0.2) is 43.7 Å². The molecule has 0 radical (unpaired) electrons. The maximum Gasteiger partial charge on any atom is 0.221 e. The SMILES string of the molecule is COC(CNC(=O)CC1CSCCN1)c1ccc(Cl)cc1. The summed E-state index contributed by atoms with van der Waals surface area (Å²) < 4.78 is 5.44. The number of hydrogen-bond acceptors (Lipinski definition) is 4. The third-order valence-electron chi connectivity index (χ3n) is 3.44. The lowest BCUT2D eigenvalue weighted by molar-refractivity contribution is -0.122. The van der Waals surface area contributed by atoms with Crippen LogP contribution in [0, 0.1) is 0 Å². The molecular weight excluding hydrogens is 308 g/mol. The van der Waals surface area contributed by atoms with Gasteiger partial charge in [-0.05, 0) is 17.7 Å². The van der Waals surface area contributed by atoms with Crippen molar-refractivity contribution >= 4 is 29.3 Å². The minimum absolute atomic E-state index is 0.0611. The summed E-state index contributed by atoms with van der Waals surface area (Å²) in [6.45, 7) is 1.45. The van der Waals surface area contributed by atoms with E-state index in [1.54, 1.807) is 7.11 Å². The Hall–Kier alpha value is -0.750. The molecule has 1 aromatic rings. The van der Waals surface area contributed by atoms with E-state index in [1.807, 2.05) is 36.0 Å². The molecule has 4 nitrogen and oxygen atoms in total. The molecule has 116 valence electrons. The van der Waals surface area contributed by atoms with E-state index in [-0.39, 0.29) is 18.1 Å². The number of carbonyl (C=O) groups is 1. The molecule has 6 heteroatoms. The maximum absolute atomic E-state index is 12.0. The summed E-state index contributed by atoms with van der Waals surface area (Å²) in [4.78, 5) is 12.0. The van der Waals surface area contributed by atoms with E-state index in [0.29, 0.717) is 18.0 Å². The predicted molar refractivity (Wildman–Crippen MR) is 87.9 cm³/mol. The van der Waals surface area contributed by atoms with Gasteiger partial charge in [0.1, 0.15) is 0 Å². The number of carbonyl (C=O) groups excluding carboxylic acids is 1. The number of rotatable bonds is 6. The maximum atomic E-state index is 12.0. The van der Waals surface area contributed by atoms with Gasteiger partial charge >= 0.3 is 0 Å². The largest absolute Gasteiger partial charge is 0.375 e. The molecule has 1 aliphatic rings. The highest BCUT2D eigenvalue weighted by molar-refractivity contribution is 7.99. The Balaban J connectivity index is 1.79. The number of halogens is 1. The summed E-state index contributed by atoms with van der Waals surface area (Å²) >= 11 is 7.77. The Bertz CT molecular complexity index is 449. The minimum atomic E-state index is -0.153. The quantitative estimate of drug-likeness (QED) is 0.841. The van der Waals surface area contributed by atoms with E-state index >= 15 is 0 Å². The number of ether oxygens (including phenoxy) is 1. The van der Waals surface area contributed by atoms with Crippen molar-refractivity contribution in [1.82, 2.24) is 10.6 Å². The van der Waals surface area contributed by atoms with Crippen LogP contribution in [0.1, 0.15) is 18.1 Å². The topological polar surface area (TPSA) is 50.4 Å². The van der Waals surface area contributed by atoms with Crippen molar-refractivity contribution in [2.75, 3.05) is 31.7 Å². The first-order valence-corrected chi connectivity index (χ1v) is 8.58. The second kappa shape index (κ2) is 8.63. The average Bonchev–Trinajstić information content (AvgIpc) is 2.50. The molecule has 1 aromatic carbocycles. The zero-order chi connectivity index (χ0) is 15.1. The highest BCUT2D eigenvalue weighted by Gasteiger charge is 2.18. The Kier molecular flexibility index (Phi) is 6.83. The molecule has 1 heterocycles. The third-order valence-corrected chi connectivity index (χ3v) is 4.82. The fraction of sp³-hybridized carbons (Fsp3) is 0.533. The summed E-state index contributed by atoms with van der Waals surface area (Å²) in [7, 11) is 1.64. The minimum Gasteiger partial charge on any atom is -0.375 e. The third kappa shape index (κ3) is 5.51. The van der Waals surface area contributed by atoms with Gasteiger partial charge in [0.05, 0.1) is 6.10 Å². The summed E-state index contributed by atoms with van der Waals surface area (Å²) in [5.74, 6) is 2.18. The van der Waals surface area contributed by atoms with Crippen LogP contribution in [0.5, 0.6) is 0 Å². The molecule has 1 aliphatic heterocycles. The van der Waals surface area contributed by atoms with Gasteiger partial charge in [0.15, 0.2) is 0 Å². The molecule has 1 fully saturated rings. The fourth-order valence-corrected chi connectivity index (χ4v) is 3.34. The van der Waals surface area contributed by atoms with Gasteiger partial charge < -0.3 is 15.4 Å².